The van der Waals surface area contributed by atoms with E-state index in [1.807, 2.05) is 0 Å². The molecule has 0 unspecified atom stereocenters. The van der Waals surface area contributed by atoms with Crippen LogP contribution in [0.2, 0.25) is 3.67 Å². The second-order valence-corrected chi connectivity index (χ2v) is 7.55. The first-order valence-corrected chi connectivity index (χ1v) is 11.9. The van der Waals surface area contributed by atoms with Crippen LogP contribution in [0.5, 0.6) is 0 Å². The number of hydrogen-bond donors (Lipinski definition) is 2. The molecule has 0 aliphatic carbocycles. The van der Waals surface area contributed by atoms with Gasteiger partial charge < -0.3 is 5.11 Å². The Balaban J connectivity index is 0. The summed E-state index contributed by atoms with van der Waals surface area (Å²) >= 11 is 0.774. The topological polar surface area (TPSA) is 74.6 Å². The average Bonchev–Trinajstić information content (AvgIpc) is 2.58. The van der Waals surface area contributed by atoms with Crippen LogP contribution in [-0.4, -0.2) is 50.1 Å². The van der Waals surface area contributed by atoms with E-state index < -0.39 is 11.9 Å². The summed E-state index contributed by atoms with van der Waals surface area (Å²) in [6, 6.07) is 0. The van der Waals surface area contributed by atoms with Gasteiger partial charge in [0.2, 0.25) is 0 Å². The van der Waals surface area contributed by atoms with Gasteiger partial charge in [0.05, 0.1) is 0 Å². The SMILES string of the molecule is CCCCCCCCCCCCCCCCCC(=O)O.O=C(O)[CH2][Na]. The van der Waals surface area contributed by atoms with Gasteiger partial charge in [0.25, 0.3) is 0 Å². The Morgan fingerprint density at radius 2 is 0.880 bits per heavy atom. The summed E-state index contributed by atoms with van der Waals surface area (Å²) in [5.41, 5.74) is 0. The van der Waals surface area contributed by atoms with E-state index in [0.717, 1.165) is 40.8 Å². The molecule has 144 valence electrons. The van der Waals surface area contributed by atoms with Gasteiger partial charge in [-0.25, -0.2) is 0 Å². The predicted octanol–water partition coefficient (Wildman–Crippen LogP) is 5.99. The molecule has 0 fully saturated rings. The van der Waals surface area contributed by atoms with E-state index in [-0.39, 0.29) is 0 Å². The fraction of sp³-hybridized carbons (Fsp3) is 0.900. The van der Waals surface area contributed by atoms with Crippen LogP contribution in [0.1, 0.15) is 110 Å². The molecule has 0 aromatic heterocycles. The van der Waals surface area contributed by atoms with Crippen molar-refractivity contribution in [2.75, 3.05) is 0 Å². The van der Waals surface area contributed by atoms with E-state index in [2.05, 4.69) is 6.92 Å². The third-order valence-corrected chi connectivity index (χ3v) is 4.90. The van der Waals surface area contributed by atoms with E-state index in [1.165, 1.54) is 83.5 Å². The minimum atomic E-state index is -0.684. The van der Waals surface area contributed by atoms with Gasteiger partial charge in [-0.1, -0.05) is 96.8 Å². The molecule has 0 rings (SSSR count). The van der Waals surface area contributed by atoms with Gasteiger partial charge in [-0.2, -0.15) is 0 Å². The molecule has 0 aliphatic heterocycles. The quantitative estimate of drug-likeness (QED) is 0.245. The van der Waals surface area contributed by atoms with Crippen molar-refractivity contribution >= 4 is 39.9 Å². The number of carboxylic acids is 2. The van der Waals surface area contributed by atoms with Gasteiger partial charge in [0.15, 0.2) is 0 Å². The standard InChI is InChI=1S/C18H36O2.C2H3O2.Na/c1-2-3-4-5-6-7-8-9-10-11-12-13-14-15-16-17-18(19)20;1-2(3)4;/h2-17H2,1H3,(H,19,20);1H2,(H,3,4);. The molecule has 0 amide bonds. The monoisotopic (exact) mass is 366 g/mol. The van der Waals surface area contributed by atoms with Gasteiger partial charge in [-0.3, -0.25) is 4.79 Å². The number of aliphatic carboxylic acids is 2. The summed E-state index contributed by atoms with van der Waals surface area (Å²) in [6.45, 7) is 2.27. The summed E-state index contributed by atoms with van der Waals surface area (Å²) in [7, 11) is 0. The third kappa shape index (κ3) is 32.1. The fourth-order valence-electron chi connectivity index (χ4n) is 2.65. The Morgan fingerprint density at radius 3 is 1.12 bits per heavy atom. The Morgan fingerprint density at radius 1 is 0.600 bits per heavy atom. The number of carboxylic acid groups (broad SMARTS) is 2. The summed E-state index contributed by atoms with van der Waals surface area (Å²) < 4.78 is 0.361. The summed E-state index contributed by atoms with van der Waals surface area (Å²) in [5.74, 6) is -1.34. The number of carbonyl (C=O) groups is 2. The first kappa shape index (κ1) is 27.2. The van der Waals surface area contributed by atoms with Gasteiger partial charge in [0.1, 0.15) is 0 Å². The molecule has 0 atom stereocenters. The van der Waals surface area contributed by atoms with Crippen LogP contribution >= 0.6 is 0 Å². The van der Waals surface area contributed by atoms with E-state index in [4.69, 9.17) is 10.2 Å². The molecule has 0 aromatic carbocycles. The molecule has 5 heteroatoms. The molecule has 2 N–H and O–H groups in total. The summed E-state index contributed by atoms with van der Waals surface area (Å²) in [5, 5.41) is 16.3. The average molecular weight is 367 g/mol. The van der Waals surface area contributed by atoms with Crippen molar-refractivity contribution in [1.82, 2.24) is 0 Å². The molecule has 4 nitrogen and oxygen atoms in total. The number of hydrogen-bond acceptors (Lipinski definition) is 2. The fourth-order valence-corrected chi connectivity index (χ4v) is 2.65. The van der Waals surface area contributed by atoms with E-state index in [9.17, 15) is 9.59 Å². The normalized spacial score (nSPS) is 10.2. The summed E-state index contributed by atoms with van der Waals surface area (Å²) in [4.78, 5) is 19.7. The maximum absolute atomic E-state index is 10.3. The zero-order valence-electron chi connectivity index (χ0n) is 16.7. The van der Waals surface area contributed by atoms with Crippen LogP contribution in [0, 0.1) is 0 Å². The molecular weight excluding hydrogens is 327 g/mol. The van der Waals surface area contributed by atoms with Crippen molar-refractivity contribution in [2.45, 2.75) is 113 Å². The molecule has 0 aliphatic rings. The second-order valence-electron chi connectivity index (χ2n) is 6.84. The molecule has 0 saturated carbocycles. The molecule has 0 saturated heterocycles. The molecule has 0 bridgehead atoms. The van der Waals surface area contributed by atoms with Crippen molar-refractivity contribution in [2.24, 2.45) is 0 Å². The first-order valence-electron chi connectivity index (χ1n) is 10.5. The van der Waals surface area contributed by atoms with Crippen molar-refractivity contribution in [3.05, 3.63) is 0 Å². The Labute approximate surface area is 172 Å². The van der Waals surface area contributed by atoms with Gasteiger partial charge >= 0.3 is 53.4 Å². The second kappa shape index (κ2) is 23.9. The zero-order chi connectivity index (χ0) is 19.2. The van der Waals surface area contributed by atoms with Crippen LogP contribution in [-0.2, 0) is 9.59 Å². The van der Waals surface area contributed by atoms with Crippen molar-refractivity contribution in [1.29, 1.82) is 0 Å². The maximum atomic E-state index is 10.3. The van der Waals surface area contributed by atoms with Crippen LogP contribution in [0.3, 0.4) is 0 Å². The number of rotatable bonds is 17. The number of unbranched alkanes of at least 4 members (excludes halogenated alkanes) is 14. The van der Waals surface area contributed by atoms with Gasteiger partial charge in [-0.05, 0) is 6.42 Å². The van der Waals surface area contributed by atoms with Gasteiger partial charge in [0, 0.05) is 6.42 Å². The van der Waals surface area contributed by atoms with E-state index in [1.54, 1.807) is 0 Å². The van der Waals surface area contributed by atoms with Crippen molar-refractivity contribution < 1.29 is 19.8 Å². The molecule has 0 aromatic rings. The van der Waals surface area contributed by atoms with E-state index >= 15 is 0 Å². The minimum absolute atomic E-state index is 0.345. The van der Waals surface area contributed by atoms with E-state index in [0.29, 0.717) is 10.1 Å². The van der Waals surface area contributed by atoms with Crippen molar-refractivity contribution in [3.63, 3.8) is 0 Å². The van der Waals surface area contributed by atoms with Crippen LogP contribution < -0.4 is 0 Å². The Kier molecular flexibility index (Phi) is 26.0. The molecule has 0 radical (unpaired) electrons. The Bertz CT molecular complexity index is 295. The van der Waals surface area contributed by atoms with Crippen LogP contribution in [0.25, 0.3) is 0 Å². The Hall–Kier alpha value is -0.0600. The van der Waals surface area contributed by atoms with Crippen molar-refractivity contribution in [3.8, 4) is 0 Å². The predicted molar refractivity (Wildman–Crippen MR) is 105 cm³/mol. The van der Waals surface area contributed by atoms with Gasteiger partial charge in [-0.15, -0.1) is 0 Å². The third-order valence-electron chi connectivity index (χ3n) is 4.30. The summed E-state index contributed by atoms with van der Waals surface area (Å²) in [6.07, 6.45) is 20.2. The molecular formula is C20H39NaO4. The zero-order valence-corrected chi connectivity index (χ0v) is 18.7. The first-order chi connectivity index (χ1) is 12.0. The van der Waals surface area contributed by atoms with Crippen LogP contribution in [0.15, 0.2) is 0 Å². The molecule has 0 spiro atoms. The van der Waals surface area contributed by atoms with Crippen LogP contribution in [0.4, 0.5) is 0 Å². The molecule has 25 heavy (non-hydrogen) atoms. The molecule has 0 heterocycles.